The molecule has 0 aromatic heterocycles. The van der Waals surface area contributed by atoms with E-state index in [0.717, 1.165) is 12.8 Å². The van der Waals surface area contributed by atoms with Crippen molar-refractivity contribution >= 4 is 0 Å². The standard InChI is InChI=1S/C16H21N/c1-3-4-9-16(2)10-13-7-5-6-8-15(13)14(11-16)12-17/h5-8,14H,3-4,9-11H2,1-2H3. The molecule has 0 amide bonds. The molecule has 0 radical (unpaired) electrons. The van der Waals surface area contributed by atoms with Gasteiger partial charge >= 0.3 is 0 Å². The molecule has 0 fully saturated rings. The van der Waals surface area contributed by atoms with Crippen molar-refractivity contribution in [2.75, 3.05) is 0 Å². The Bertz CT molecular complexity index is 429. The summed E-state index contributed by atoms with van der Waals surface area (Å²) in [6, 6.07) is 11.0. The zero-order valence-electron chi connectivity index (χ0n) is 10.9. The lowest BCUT2D eigenvalue weighted by Gasteiger charge is -2.37. The van der Waals surface area contributed by atoms with E-state index in [2.05, 4.69) is 44.2 Å². The van der Waals surface area contributed by atoms with Crippen LogP contribution >= 0.6 is 0 Å². The minimum atomic E-state index is 0.0989. The van der Waals surface area contributed by atoms with Crippen molar-refractivity contribution in [2.24, 2.45) is 5.41 Å². The lowest BCUT2D eigenvalue weighted by molar-refractivity contribution is 0.238. The summed E-state index contributed by atoms with van der Waals surface area (Å²) in [6.07, 6.45) is 5.93. The molecule has 2 atom stereocenters. The highest BCUT2D eigenvalue weighted by Crippen LogP contribution is 2.44. The van der Waals surface area contributed by atoms with Gasteiger partial charge in [-0.15, -0.1) is 0 Å². The van der Waals surface area contributed by atoms with Crippen molar-refractivity contribution in [1.82, 2.24) is 0 Å². The summed E-state index contributed by atoms with van der Waals surface area (Å²) in [7, 11) is 0. The first kappa shape index (κ1) is 12.2. The normalized spacial score (nSPS) is 27.2. The molecule has 0 heterocycles. The molecule has 17 heavy (non-hydrogen) atoms. The summed E-state index contributed by atoms with van der Waals surface area (Å²) in [5, 5.41) is 9.35. The van der Waals surface area contributed by atoms with Crippen LogP contribution in [0.4, 0.5) is 0 Å². The van der Waals surface area contributed by atoms with Gasteiger partial charge < -0.3 is 0 Å². The highest BCUT2D eigenvalue weighted by Gasteiger charge is 2.34. The van der Waals surface area contributed by atoms with Crippen LogP contribution < -0.4 is 0 Å². The maximum absolute atomic E-state index is 9.35. The fourth-order valence-corrected chi connectivity index (χ4v) is 3.08. The summed E-state index contributed by atoms with van der Waals surface area (Å²) in [6.45, 7) is 4.59. The topological polar surface area (TPSA) is 23.8 Å². The second kappa shape index (κ2) is 4.92. The lowest BCUT2D eigenvalue weighted by atomic mass is 9.66. The number of unbranched alkanes of at least 4 members (excludes halogenated alkanes) is 1. The number of fused-ring (bicyclic) bond motifs is 1. The third-order valence-corrected chi connectivity index (χ3v) is 4.03. The van der Waals surface area contributed by atoms with Crippen molar-refractivity contribution in [2.45, 2.75) is 51.9 Å². The van der Waals surface area contributed by atoms with Crippen LogP contribution in [0.25, 0.3) is 0 Å². The van der Waals surface area contributed by atoms with E-state index in [1.54, 1.807) is 0 Å². The van der Waals surface area contributed by atoms with Gasteiger partial charge in [0.1, 0.15) is 0 Å². The van der Waals surface area contributed by atoms with Crippen molar-refractivity contribution in [1.29, 1.82) is 5.26 Å². The van der Waals surface area contributed by atoms with Crippen molar-refractivity contribution in [3.8, 4) is 6.07 Å². The van der Waals surface area contributed by atoms with Gasteiger partial charge in [0.05, 0.1) is 12.0 Å². The Morgan fingerprint density at radius 1 is 1.41 bits per heavy atom. The molecule has 2 rings (SSSR count). The van der Waals surface area contributed by atoms with E-state index in [1.807, 2.05) is 0 Å². The molecule has 0 spiro atoms. The Balaban J connectivity index is 2.27. The summed E-state index contributed by atoms with van der Waals surface area (Å²) < 4.78 is 0. The van der Waals surface area contributed by atoms with E-state index in [0.29, 0.717) is 5.41 Å². The third kappa shape index (κ3) is 2.52. The molecule has 90 valence electrons. The zero-order valence-corrected chi connectivity index (χ0v) is 10.9. The first-order valence-corrected chi connectivity index (χ1v) is 6.66. The third-order valence-electron chi connectivity index (χ3n) is 4.03. The quantitative estimate of drug-likeness (QED) is 0.749. The van der Waals surface area contributed by atoms with E-state index in [1.165, 1.54) is 30.4 Å². The largest absolute Gasteiger partial charge is 0.198 e. The fourth-order valence-electron chi connectivity index (χ4n) is 3.08. The van der Waals surface area contributed by atoms with Gasteiger partial charge in [-0.3, -0.25) is 0 Å². The van der Waals surface area contributed by atoms with Gasteiger partial charge in [0, 0.05) is 0 Å². The SMILES string of the molecule is CCCCC1(C)Cc2ccccc2C(C#N)C1. The average molecular weight is 227 g/mol. The zero-order chi connectivity index (χ0) is 12.3. The highest BCUT2D eigenvalue weighted by molar-refractivity contribution is 5.37. The molecule has 1 aromatic rings. The van der Waals surface area contributed by atoms with Gasteiger partial charge in [-0.1, -0.05) is 51.0 Å². The Morgan fingerprint density at radius 2 is 2.18 bits per heavy atom. The van der Waals surface area contributed by atoms with E-state index in [9.17, 15) is 5.26 Å². The summed E-state index contributed by atoms with van der Waals surface area (Å²) in [4.78, 5) is 0. The van der Waals surface area contributed by atoms with Crippen molar-refractivity contribution in [3.05, 3.63) is 35.4 Å². The highest BCUT2D eigenvalue weighted by atomic mass is 14.4. The molecular weight excluding hydrogens is 206 g/mol. The monoisotopic (exact) mass is 227 g/mol. The van der Waals surface area contributed by atoms with Crippen LogP contribution in [0.3, 0.4) is 0 Å². The van der Waals surface area contributed by atoms with Gasteiger partial charge in [0.25, 0.3) is 0 Å². The van der Waals surface area contributed by atoms with Crippen LogP contribution in [-0.2, 0) is 6.42 Å². The van der Waals surface area contributed by atoms with Gasteiger partial charge in [-0.05, 0) is 35.8 Å². The van der Waals surface area contributed by atoms with Crippen LogP contribution in [0.1, 0.15) is 56.6 Å². The molecule has 0 saturated carbocycles. The minimum Gasteiger partial charge on any atom is -0.198 e. The number of hydrogen-bond acceptors (Lipinski definition) is 1. The van der Waals surface area contributed by atoms with Crippen LogP contribution in [0.5, 0.6) is 0 Å². The summed E-state index contributed by atoms with van der Waals surface area (Å²) in [5.41, 5.74) is 2.98. The van der Waals surface area contributed by atoms with Crippen molar-refractivity contribution in [3.63, 3.8) is 0 Å². The van der Waals surface area contributed by atoms with E-state index >= 15 is 0 Å². The molecule has 1 nitrogen and oxygen atoms in total. The number of benzene rings is 1. The first-order valence-electron chi connectivity index (χ1n) is 6.66. The number of rotatable bonds is 3. The molecule has 0 aliphatic heterocycles. The second-order valence-corrected chi connectivity index (χ2v) is 5.68. The summed E-state index contributed by atoms with van der Waals surface area (Å²) >= 11 is 0. The predicted octanol–water partition coefficient (Wildman–Crippen LogP) is 4.44. The maximum Gasteiger partial charge on any atom is 0.0720 e. The molecule has 0 N–H and O–H groups in total. The number of hydrogen-bond donors (Lipinski definition) is 0. The van der Waals surface area contributed by atoms with Gasteiger partial charge in [0.2, 0.25) is 0 Å². The van der Waals surface area contributed by atoms with E-state index in [-0.39, 0.29) is 5.92 Å². The smallest absolute Gasteiger partial charge is 0.0720 e. The predicted molar refractivity (Wildman–Crippen MR) is 70.7 cm³/mol. The Morgan fingerprint density at radius 3 is 2.88 bits per heavy atom. The second-order valence-electron chi connectivity index (χ2n) is 5.68. The van der Waals surface area contributed by atoms with Crippen molar-refractivity contribution < 1.29 is 0 Å². The first-order chi connectivity index (χ1) is 8.18. The van der Waals surface area contributed by atoms with Crippen LogP contribution in [0.15, 0.2) is 24.3 Å². The summed E-state index contributed by atoms with van der Waals surface area (Å²) in [5.74, 6) is 0.0989. The van der Waals surface area contributed by atoms with Gasteiger partial charge in [-0.25, -0.2) is 0 Å². The molecule has 0 bridgehead atoms. The number of nitrogens with zero attached hydrogens (tertiary/aromatic N) is 1. The average Bonchev–Trinajstić information content (AvgIpc) is 2.35. The minimum absolute atomic E-state index is 0.0989. The van der Waals surface area contributed by atoms with E-state index < -0.39 is 0 Å². The Kier molecular flexibility index (Phi) is 3.52. The van der Waals surface area contributed by atoms with Crippen LogP contribution in [0.2, 0.25) is 0 Å². The van der Waals surface area contributed by atoms with E-state index in [4.69, 9.17) is 0 Å². The molecule has 0 saturated heterocycles. The molecule has 1 aliphatic carbocycles. The van der Waals surface area contributed by atoms with Crippen LogP contribution in [0, 0.1) is 16.7 Å². The Hall–Kier alpha value is -1.29. The van der Waals surface area contributed by atoms with Gasteiger partial charge in [-0.2, -0.15) is 5.26 Å². The Labute approximate surface area is 104 Å². The van der Waals surface area contributed by atoms with Crippen LogP contribution in [-0.4, -0.2) is 0 Å². The number of nitriles is 1. The van der Waals surface area contributed by atoms with Gasteiger partial charge in [0.15, 0.2) is 0 Å². The molecule has 1 aromatic carbocycles. The lowest BCUT2D eigenvalue weighted by Crippen LogP contribution is -2.28. The molecule has 2 unspecified atom stereocenters. The molecular formula is C16H21N. The molecule has 1 heteroatoms. The fraction of sp³-hybridized carbons (Fsp3) is 0.562. The maximum atomic E-state index is 9.35. The molecule has 1 aliphatic rings.